The van der Waals surface area contributed by atoms with Crippen LogP contribution in [0.5, 0.6) is 0 Å². The maximum absolute atomic E-state index is 13.6. The SMILES string of the molecule is CC(O)CN(C)C(=O)c1cc(F)c([N+](=O)[O-])cc1F. The van der Waals surface area contributed by atoms with Crippen LogP contribution in [0.15, 0.2) is 12.1 Å². The van der Waals surface area contributed by atoms with Gasteiger partial charge in [0.15, 0.2) is 0 Å². The lowest BCUT2D eigenvalue weighted by molar-refractivity contribution is -0.387. The largest absolute Gasteiger partial charge is 0.392 e. The molecule has 0 saturated heterocycles. The third-order valence-corrected chi connectivity index (χ3v) is 2.35. The second-order valence-electron chi connectivity index (χ2n) is 4.08. The van der Waals surface area contributed by atoms with Gasteiger partial charge in [0.25, 0.3) is 5.91 Å². The number of hydrogen-bond donors (Lipinski definition) is 1. The minimum Gasteiger partial charge on any atom is -0.392 e. The van der Waals surface area contributed by atoms with Gasteiger partial charge in [0, 0.05) is 13.6 Å². The van der Waals surface area contributed by atoms with Crippen LogP contribution < -0.4 is 0 Å². The number of aliphatic hydroxyl groups is 1. The Hall–Kier alpha value is -2.09. The van der Waals surface area contributed by atoms with Crippen molar-refractivity contribution in [2.24, 2.45) is 0 Å². The average Bonchev–Trinajstić information content (AvgIpc) is 2.29. The topological polar surface area (TPSA) is 83.7 Å². The highest BCUT2D eigenvalue weighted by atomic mass is 19.1. The summed E-state index contributed by atoms with van der Waals surface area (Å²) in [5.41, 5.74) is -1.65. The molecule has 1 aromatic rings. The quantitative estimate of drug-likeness (QED) is 0.663. The predicted octanol–water partition coefficient (Wildman–Crippen LogP) is 1.33. The van der Waals surface area contributed by atoms with Gasteiger partial charge in [0.2, 0.25) is 5.82 Å². The first-order valence-electron chi connectivity index (χ1n) is 5.31. The van der Waals surface area contributed by atoms with Crippen molar-refractivity contribution in [1.82, 2.24) is 4.90 Å². The van der Waals surface area contributed by atoms with E-state index in [0.717, 1.165) is 4.90 Å². The van der Waals surface area contributed by atoms with Crippen molar-refractivity contribution < 1.29 is 23.6 Å². The van der Waals surface area contributed by atoms with Gasteiger partial charge in [0.1, 0.15) is 5.82 Å². The van der Waals surface area contributed by atoms with Crippen LogP contribution in [-0.4, -0.2) is 40.5 Å². The lowest BCUT2D eigenvalue weighted by Crippen LogP contribution is -2.33. The van der Waals surface area contributed by atoms with E-state index in [1.54, 1.807) is 0 Å². The molecule has 1 rings (SSSR count). The Morgan fingerprint density at radius 3 is 2.53 bits per heavy atom. The molecule has 1 amide bonds. The lowest BCUT2D eigenvalue weighted by atomic mass is 10.1. The number of likely N-dealkylation sites (N-methyl/N-ethyl adjacent to an activating group) is 1. The number of nitro benzene ring substituents is 1. The van der Waals surface area contributed by atoms with Gasteiger partial charge in [-0.25, -0.2) is 4.39 Å². The molecule has 0 aliphatic rings. The average molecular weight is 274 g/mol. The zero-order valence-electron chi connectivity index (χ0n) is 10.3. The molecule has 0 spiro atoms. The van der Waals surface area contributed by atoms with Crippen molar-refractivity contribution in [2.75, 3.05) is 13.6 Å². The zero-order valence-corrected chi connectivity index (χ0v) is 10.3. The fourth-order valence-electron chi connectivity index (χ4n) is 1.53. The van der Waals surface area contributed by atoms with E-state index in [4.69, 9.17) is 5.11 Å². The highest BCUT2D eigenvalue weighted by Gasteiger charge is 2.24. The molecule has 0 aliphatic carbocycles. The molecule has 0 aromatic heterocycles. The summed E-state index contributed by atoms with van der Waals surface area (Å²) in [7, 11) is 1.30. The number of nitro groups is 1. The minimum atomic E-state index is -1.29. The molecule has 104 valence electrons. The first kappa shape index (κ1) is 15.0. The van der Waals surface area contributed by atoms with Gasteiger partial charge in [-0.05, 0) is 13.0 Å². The van der Waals surface area contributed by atoms with E-state index in [0.29, 0.717) is 12.1 Å². The van der Waals surface area contributed by atoms with Crippen molar-refractivity contribution in [3.05, 3.63) is 39.4 Å². The third-order valence-electron chi connectivity index (χ3n) is 2.35. The highest BCUT2D eigenvalue weighted by Crippen LogP contribution is 2.22. The number of nitrogens with zero attached hydrogens (tertiary/aromatic N) is 2. The van der Waals surface area contributed by atoms with E-state index < -0.39 is 39.8 Å². The van der Waals surface area contributed by atoms with E-state index in [1.807, 2.05) is 0 Å². The molecular weight excluding hydrogens is 262 g/mol. The molecule has 1 N–H and O–H groups in total. The van der Waals surface area contributed by atoms with Crippen LogP contribution in [0, 0.1) is 21.7 Å². The van der Waals surface area contributed by atoms with Crippen LogP contribution in [0.2, 0.25) is 0 Å². The van der Waals surface area contributed by atoms with Gasteiger partial charge < -0.3 is 10.0 Å². The van der Waals surface area contributed by atoms with Crippen LogP contribution in [0.25, 0.3) is 0 Å². The number of amides is 1. The molecule has 0 saturated carbocycles. The number of aliphatic hydroxyl groups excluding tert-OH is 1. The standard InChI is InChI=1S/C11H12F2N2O4/c1-6(16)5-14(2)11(17)7-3-9(13)10(15(18)19)4-8(7)12/h3-4,6,16H,5H2,1-2H3. The van der Waals surface area contributed by atoms with Crippen LogP contribution in [-0.2, 0) is 0 Å². The monoisotopic (exact) mass is 274 g/mol. The van der Waals surface area contributed by atoms with E-state index in [9.17, 15) is 23.7 Å². The van der Waals surface area contributed by atoms with Crippen LogP contribution in [0.4, 0.5) is 14.5 Å². The number of hydrogen-bond acceptors (Lipinski definition) is 4. The van der Waals surface area contributed by atoms with Crippen molar-refractivity contribution in [3.8, 4) is 0 Å². The first-order valence-corrected chi connectivity index (χ1v) is 5.31. The number of halogens is 2. The molecule has 0 fully saturated rings. The molecule has 1 atom stereocenters. The van der Waals surface area contributed by atoms with E-state index in [-0.39, 0.29) is 6.54 Å². The Bertz CT molecular complexity index is 520. The predicted molar refractivity (Wildman–Crippen MR) is 61.7 cm³/mol. The summed E-state index contributed by atoms with van der Waals surface area (Å²) in [6.45, 7) is 1.35. The third kappa shape index (κ3) is 3.44. The number of carbonyl (C=O) groups excluding carboxylic acids is 1. The molecule has 1 unspecified atom stereocenters. The molecule has 6 nitrogen and oxygen atoms in total. The van der Waals surface area contributed by atoms with Crippen LogP contribution >= 0.6 is 0 Å². The Balaban J connectivity index is 3.11. The molecule has 8 heteroatoms. The summed E-state index contributed by atoms with van der Waals surface area (Å²) in [4.78, 5) is 22.1. The maximum atomic E-state index is 13.6. The second-order valence-corrected chi connectivity index (χ2v) is 4.08. The van der Waals surface area contributed by atoms with Crippen LogP contribution in [0.1, 0.15) is 17.3 Å². The molecule has 0 radical (unpaired) electrons. The van der Waals surface area contributed by atoms with E-state index in [2.05, 4.69) is 0 Å². The fraction of sp³-hybridized carbons (Fsp3) is 0.364. The highest BCUT2D eigenvalue weighted by molar-refractivity contribution is 5.94. The maximum Gasteiger partial charge on any atom is 0.307 e. The number of carbonyl (C=O) groups is 1. The Labute approximate surface area is 107 Å². The Morgan fingerprint density at radius 1 is 1.47 bits per heavy atom. The van der Waals surface area contributed by atoms with Gasteiger partial charge in [0.05, 0.1) is 22.7 Å². The van der Waals surface area contributed by atoms with Crippen molar-refractivity contribution >= 4 is 11.6 Å². The lowest BCUT2D eigenvalue weighted by Gasteiger charge is -2.19. The van der Waals surface area contributed by atoms with Gasteiger partial charge in [-0.1, -0.05) is 0 Å². The Kier molecular flexibility index (Phi) is 4.49. The minimum absolute atomic E-state index is 0.0725. The summed E-state index contributed by atoms with van der Waals surface area (Å²) in [5.74, 6) is -3.34. The van der Waals surface area contributed by atoms with E-state index >= 15 is 0 Å². The number of rotatable bonds is 4. The summed E-state index contributed by atoms with van der Waals surface area (Å²) >= 11 is 0. The molecule has 0 heterocycles. The zero-order chi connectivity index (χ0) is 14.7. The van der Waals surface area contributed by atoms with Crippen LogP contribution in [0.3, 0.4) is 0 Å². The van der Waals surface area contributed by atoms with Crippen molar-refractivity contribution in [2.45, 2.75) is 13.0 Å². The van der Waals surface area contributed by atoms with Gasteiger partial charge >= 0.3 is 5.69 Å². The van der Waals surface area contributed by atoms with Crippen molar-refractivity contribution in [1.29, 1.82) is 0 Å². The smallest absolute Gasteiger partial charge is 0.307 e. The van der Waals surface area contributed by atoms with Gasteiger partial charge in [-0.3, -0.25) is 14.9 Å². The summed E-state index contributed by atoms with van der Waals surface area (Å²) in [5, 5.41) is 19.5. The second kappa shape index (κ2) is 5.70. The summed E-state index contributed by atoms with van der Waals surface area (Å²) in [6.07, 6.45) is -0.833. The molecular formula is C11H12F2N2O4. The molecule has 0 bridgehead atoms. The number of benzene rings is 1. The van der Waals surface area contributed by atoms with Crippen molar-refractivity contribution in [3.63, 3.8) is 0 Å². The molecule has 19 heavy (non-hydrogen) atoms. The van der Waals surface area contributed by atoms with E-state index in [1.165, 1.54) is 14.0 Å². The first-order chi connectivity index (χ1) is 8.73. The summed E-state index contributed by atoms with van der Waals surface area (Å²) in [6, 6.07) is 0.840. The molecule has 0 aliphatic heterocycles. The normalized spacial score (nSPS) is 12.1. The molecule has 1 aromatic carbocycles. The van der Waals surface area contributed by atoms with Gasteiger partial charge in [-0.2, -0.15) is 4.39 Å². The van der Waals surface area contributed by atoms with Gasteiger partial charge in [-0.15, -0.1) is 0 Å². The summed E-state index contributed by atoms with van der Waals surface area (Å²) < 4.78 is 26.9. The fourth-order valence-corrected chi connectivity index (χ4v) is 1.53. The Morgan fingerprint density at radius 2 is 2.05 bits per heavy atom.